The molecule has 0 bridgehead atoms. The van der Waals surface area contributed by atoms with Crippen molar-refractivity contribution in [3.05, 3.63) is 39.9 Å². The van der Waals surface area contributed by atoms with Gasteiger partial charge in [0.15, 0.2) is 0 Å². The Hall–Kier alpha value is -1.32. The van der Waals surface area contributed by atoms with E-state index < -0.39 is 11.8 Å². The zero-order chi connectivity index (χ0) is 11.9. The van der Waals surface area contributed by atoms with E-state index in [2.05, 4.69) is 0 Å². The van der Waals surface area contributed by atoms with Gasteiger partial charge >= 0.3 is 0 Å². The van der Waals surface area contributed by atoms with E-state index in [4.69, 9.17) is 23.2 Å². The monoisotopic (exact) mass is 255 g/mol. The molecule has 0 saturated carbocycles. The number of carbonyl (C=O) groups excluding carboxylic acids is 2. The third-order valence-electron chi connectivity index (χ3n) is 2.25. The van der Waals surface area contributed by atoms with Gasteiger partial charge in [0.1, 0.15) is 0 Å². The molecule has 1 aliphatic rings. The third kappa shape index (κ3) is 1.72. The largest absolute Gasteiger partial charge is 0.269 e. The standard InChI is InChI=1S/C11H7Cl2NO2/c1-6-4-7(12)5-8(13)11(6)14-9(15)2-3-10(14)16/h2-5H,1H3. The molecule has 1 aromatic rings. The number of halogens is 2. The van der Waals surface area contributed by atoms with Crippen molar-refractivity contribution in [2.45, 2.75) is 6.92 Å². The maximum absolute atomic E-state index is 11.5. The quantitative estimate of drug-likeness (QED) is 0.724. The van der Waals surface area contributed by atoms with Gasteiger partial charge in [-0.15, -0.1) is 0 Å². The minimum atomic E-state index is -0.391. The van der Waals surface area contributed by atoms with E-state index in [0.29, 0.717) is 16.3 Å². The van der Waals surface area contributed by atoms with Crippen molar-refractivity contribution in [3.8, 4) is 0 Å². The highest BCUT2D eigenvalue weighted by atomic mass is 35.5. The maximum atomic E-state index is 11.5. The highest BCUT2D eigenvalue weighted by molar-refractivity contribution is 6.39. The van der Waals surface area contributed by atoms with E-state index >= 15 is 0 Å². The average molecular weight is 256 g/mol. The number of carbonyl (C=O) groups is 2. The Balaban J connectivity index is 2.57. The zero-order valence-corrected chi connectivity index (χ0v) is 9.84. The molecule has 82 valence electrons. The van der Waals surface area contributed by atoms with Gasteiger partial charge in [0.2, 0.25) is 0 Å². The first-order valence-corrected chi connectivity index (χ1v) is 5.28. The van der Waals surface area contributed by atoms with E-state index in [1.165, 1.54) is 18.2 Å². The molecule has 1 aliphatic heterocycles. The van der Waals surface area contributed by atoms with E-state index in [0.717, 1.165) is 4.90 Å². The molecule has 0 radical (unpaired) electrons. The summed E-state index contributed by atoms with van der Waals surface area (Å²) < 4.78 is 0. The molecule has 2 rings (SSSR count). The molecule has 1 heterocycles. The second-order valence-electron chi connectivity index (χ2n) is 3.40. The summed E-state index contributed by atoms with van der Waals surface area (Å²) >= 11 is 11.8. The first-order valence-electron chi connectivity index (χ1n) is 4.52. The molecule has 0 spiro atoms. The summed E-state index contributed by atoms with van der Waals surface area (Å²) in [7, 11) is 0. The van der Waals surface area contributed by atoms with Crippen LogP contribution in [-0.2, 0) is 9.59 Å². The number of amides is 2. The van der Waals surface area contributed by atoms with Crippen LogP contribution in [-0.4, -0.2) is 11.8 Å². The first-order chi connectivity index (χ1) is 7.50. The summed E-state index contributed by atoms with van der Waals surface area (Å²) in [6.07, 6.45) is 2.43. The second-order valence-corrected chi connectivity index (χ2v) is 4.24. The van der Waals surface area contributed by atoms with Crippen molar-refractivity contribution in [1.29, 1.82) is 0 Å². The van der Waals surface area contributed by atoms with Crippen molar-refractivity contribution >= 4 is 40.7 Å². The minimum absolute atomic E-state index is 0.287. The highest BCUT2D eigenvalue weighted by Crippen LogP contribution is 2.34. The lowest BCUT2D eigenvalue weighted by atomic mass is 10.2. The Morgan fingerprint density at radius 1 is 1.06 bits per heavy atom. The summed E-state index contributed by atoms with van der Waals surface area (Å²) in [5, 5.41) is 0.758. The molecule has 0 N–H and O–H groups in total. The smallest absolute Gasteiger partial charge is 0.258 e. The van der Waals surface area contributed by atoms with Gasteiger partial charge in [0, 0.05) is 17.2 Å². The molecule has 0 aromatic heterocycles. The van der Waals surface area contributed by atoms with Crippen LogP contribution in [0.5, 0.6) is 0 Å². The average Bonchev–Trinajstić information content (AvgIpc) is 2.47. The van der Waals surface area contributed by atoms with Gasteiger partial charge in [-0.3, -0.25) is 9.59 Å². The Kier molecular flexibility index (Phi) is 2.74. The van der Waals surface area contributed by atoms with Gasteiger partial charge in [0.25, 0.3) is 11.8 Å². The summed E-state index contributed by atoms with van der Waals surface area (Å²) in [4.78, 5) is 24.0. The van der Waals surface area contributed by atoms with Crippen molar-refractivity contribution < 1.29 is 9.59 Å². The normalized spacial score (nSPS) is 15.1. The number of imide groups is 1. The highest BCUT2D eigenvalue weighted by Gasteiger charge is 2.28. The predicted molar refractivity (Wildman–Crippen MR) is 62.8 cm³/mol. The van der Waals surface area contributed by atoms with E-state index in [1.54, 1.807) is 13.0 Å². The topological polar surface area (TPSA) is 37.4 Å². The van der Waals surface area contributed by atoms with Crippen molar-refractivity contribution in [1.82, 2.24) is 0 Å². The number of benzene rings is 1. The molecule has 1 aromatic carbocycles. The van der Waals surface area contributed by atoms with Crippen LogP contribution in [0.2, 0.25) is 10.0 Å². The van der Waals surface area contributed by atoms with Crippen molar-refractivity contribution in [2.24, 2.45) is 0 Å². The zero-order valence-electron chi connectivity index (χ0n) is 8.33. The Morgan fingerprint density at radius 2 is 1.62 bits per heavy atom. The van der Waals surface area contributed by atoms with Crippen LogP contribution in [0, 0.1) is 6.92 Å². The first kappa shape index (κ1) is 11.2. The number of hydrogen-bond donors (Lipinski definition) is 0. The molecule has 0 unspecified atom stereocenters. The van der Waals surface area contributed by atoms with Gasteiger partial charge in [-0.25, -0.2) is 4.90 Å². The van der Waals surface area contributed by atoms with E-state index in [1.807, 2.05) is 0 Å². The van der Waals surface area contributed by atoms with Crippen LogP contribution >= 0.6 is 23.2 Å². The van der Waals surface area contributed by atoms with Crippen LogP contribution in [0.3, 0.4) is 0 Å². The Bertz CT molecular complexity index is 482. The molecule has 0 saturated heterocycles. The molecule has 5 heteroatoms. The van der Waals surface area contributed by atoms with Crippen LogP contribution in [0.4, 0.5) is 5.69 Å². The molecule has 16 heavy (non-hydrogen) atoms. The van der Waals surface area contributed by atoms with Gasteiger partial charge in [-0.05, 0) is 24.6 Å². The molecule has 0 aliphatic carbocycles. The summed E-state index contributed by atoms with van der Waals surface area (Å²) in [5.41, 5.74) is 1.08. The van der Waals surface area contributed by atoms with Crippen LogP contribution in [0.15, 0.2) is 24.3 Å². The van der Waals surface area contributed by atoms with E-state index in [9.17, 15) is 9.59 Å². The molecular formula is C11H7Cl2NO2. The summed E-state index contributed by atoms with van der Waals surface area (Å²) in [6.45, 7) is 1.74. The van der Waals surface area contributed by atoms with Crippen LogP contribution in [0.1, 0.15) is 5.56 Å². The van der Waals surface area contributed by atoms with Crippen LogP contribution in [0.25, 0.3) is 0 Å². The van der Waals surface area contributed by atoms with Gasteiger partial charge in [-0.2, -0.15) is 0 Å². The fourth-order valence-electron chi connectivity index (χ4n) is 1.60. The van der Waals surface area contributed by atoms with Crippen LogP contribution < -0.4 is 4.90 Å². The lowest BCUT2D eigenvalue weighted by Crippen LogP contribution is -2.30. The Morgan fingerprint density at radius 3 is 2.12 bits per heavy atom. The van der Waals surface area contributed by atoms with Crippen molar-refractivity contribution in [3.63, 3.8) is 0 Å². The fourth-order valence-corrected chi connectivity index (χ4v) is 2.28. The molecule has 2 amide bonds. The number of aryl methyl sites for hydroxylation is 1. The van der Waals surface area contributed by atoms with Crippen molar-refractivity contribution in [2.75, 3.05) is 4.90 Å². The second kappa shape index (κ2) is 3.92. The molecule has 0 atom stereocenters. The molecular weight excluding hydrogens is 249 g/mol. The fraction of sp³-hybridized carbons (Fsp3) is 0.0909. The van der Waals surface area contributed by atoms with E-state index in [-0.39, 0.29) is 5.02 Å². The summed E-state index contributed by atoms with van der Waals surface area (Å²) in [5.74, 6) is -0.783. The SMILES string of the molecule is Cc1cc(Cl)cc(Cl)c1N1C(=O)C=CC1=O. The predicted octanol–water partition coefficient (Wildman–Crippen LogP) is 2.73. The summed E-state index contributed by atoms with van der Waals surface area (Å²) in [6, 6.07) is 3.16. The number of rotatable bonds is 1. The van der Waals surface area contributed by atoms with Gasteiger partial charge < -0.3 is 0 Å². The van der Waals surface area contributed by atoms with Gasteiger partial charge in [-0.1, -0.05) is 23.2 Å². The molecule has 3 nitrogen and oxygen atoms in total. The Labute approximate surface area is 102 Å². The van der Waals surface area contributed by atoms with Gasteiger partial charge in [0.05, 0.1) is 10.7 Å². The number of nitrogens with zero attached hydrogens (tertiary/aromatic N) is 1. The lowest BCUT2D eigenvalue weighted by Gasteiger charge is -2.18. The number of anilines is 1. The lowest BCUT2D eigenvalue weighted by molar-refractivity contribution is -0.119. The maximum Gasteiger partial charge on any atom is 0.258 e. The molecule has 0 fully saturated rings. The minimum Gasteiger partial charge on any atom is -0.269 e. The third-order valence-corrected chi connectivity index (χ3v) is 2.76. The number of hydrogen-bond acceptors (Lipinski definition) is 2.